The third kappa shape index (κ3) is 4.13. The van der Waals surface area contributed by atoms with Crippen LogP contribution in [0.15, 0.2) is 30.3 Å². The van der Waals surface area contributed by atoms with Gasteiger partial charge in [-0.05, 0) is 12.5 Å². The molecule has 0 saturated carbocycles. The first-order valence-corrected chi connectivity index (χ1v) is 5.15. The van der Waals surface area contributed by atoms with E-state index in [-0.39, 0.29) is 24.8 Å². The molecule has 0 radical (unpaired) electrons. The Morgan fingerprint density at radius 1 is 1.25 bits per heavy atom. The van der Waals surface area contributed by atoms with E-state index in [0.717, 1.165) is 5.56 Å². The largest absolute Gasteiger partial charge is 0.481 e. The second kappa shape index (κ2) is 5.90. The molecule has 1 aromatic rings. The molecule has 86 valence electrons. The van der Waals surface area contributed by atoms with E-state index in [1.54, 1.807) is 0 Å². The number of nitrogens with one attached hydrogen (secondary N) is 1. The Labute approximate surface area is 94.3 Å². The Kier molecular flexibility index (Phi) is 4.51. The van der Waals surface area contributed by atoms with Gasteiger partial charge in [-0.3, -0.25) is 9.59 Å². The number of carboxylic acids is 1. The van der Waals surface area contributed by atoms with Crippen LogP contribution in [0.4, 0.5) is 0 Å². The third-order valence-electron chi connectivity index (χ3n) is 2.24. The van der Waals surface area contributed by atoms with Crippen LogP contribution in [0.1, 0.15) is 31.4 Å². The maximum Gasteiger partial charge on any atom is 0.303 e. The van der Waals surface area contributed by atoms with Crippen molar-refractivity contribution in [3.63, 3.8) is 0 Å². The number of aliphatic carboxylic acids is 1. The van der Waals surface area contributed by atoms with Crippen LogP contribution in [0.3, 0.4) is 0 Å². The zero-order valence-electron chi connectivity index (χ0n) is 9.14. The number of amides is 1. The first-order chi connectivity index (χ1) is 7.59. The highest BCUT2D eigenvalue weighted by molar-refractivity contribution is 5.80. The lowest BCUT2D eigenvalue weighted by Crippen LogP contribution is -2.26. The molecule has 0 bridgehead atoms. The van der Waals surface area contributed by atoms with Gasteiger partial charge in [0.2, 0.25) is 5.91 Å². The fourth-order valence-corrected chi connectivity index (χ4v) is 1.36. The van der Waals surface area contributed by atoms with E-state index in [1.807, 2.05) is 37.3 Å². The van der Waals surface area contributed by atoms with E-state index in [9.17, 15) is 9.59 Å². The van der Waals surface area contributed by atoms with Crippen molar-refractivity contribution in [1.29, 1.82) is 0 Å². The van der Waals surface area contributed by atoms with Gasteiger partial charge in [0.25, 0.3) is 0 Å². The van der Waals surface area contributed by atoms with Crippen molar-refractivity contribution in [1.82, 2.24) is 5.32 Å². The molecular formula is C12H15NO3. The molecule has 0 aliphatic carbocycles. The average molecular weight is 221 g/mol. The molecule has 0 saturated heterocycles. The van der Waals surface area contributed by atoms with Crippen molar-refractivity contribution in [2.24, 2.45) is 0 Å². The molecule has 1 unspecified atom stereocenters. The lowest BCUT2D eigenvalue weighted by molar-refractivity contribution is -0.138. The van der Waals surface area contributed by atoms with Crippen molar-refractivity contribution < 1.29 is 14.7 Å². The van der Waals surface area contributed by atoms with E-state index >= 15 is 0 Å². The number of hydrogen-bond acceptors (Lipinski definition) is 2. The van der Waals surface area contributed by atoms with Crippen LogP contribution < -0.4 is 5.32 Å². The van der Waals surface area contributed by atoms with Crippen LogP contribution in [0.2, 0.25) is 0 Å². The average Bonchev–Trinajstić information content (AvgIpc) is 2.27. The van der Waals surface area contributed by atoms with Crippen molar-refractivity contribution in [2.45, 2.75) is 25.8 Å². The number of carbonyl (C=O) groups is 2. The molecule has 0 heterocycles. The zero-order valence-corrected chi connectivity index (χ0v) is 9.14. The molecule has 0 aliphatic heterocycles. The van der Waals surface area contributed by atoms with E-state index in [2.05, 4.69) is 5.32 Å². The van der Waals surface area contributed by atoms with E-state index in [1.165, 1.54) is 0 Å². The molecular weight excluding hydrogens is 206 g/mol. The van der Waals surface area contributed by atoms with Crippen LogP contribution in [0.25, 0.3) is 0 Å². The molecule has 2 N–H and O–H groups in total. The SMILES string of the molecule is CC(NC(=O)CCC(=O)O)c1ccccc1. The molecule has 16 heavy (non-hydrogen) atoms. The minimum absolute atomic E-state index is 0.0203. The van der Waals surface area contributed by atoms with Crippen LogP contribution in [0.5, 0.6) is 0 Å². The number of carbonyl (C=O) groups excluding carboxylic acids is 1. The molecule has 1 aromatic carbocycles. The Bertz CT molecular complexity index is 362. The number of rotatable bonds is 5. The summed E-state index contributed by atoms with van der Waals surface area (Å²) < 4.78 is 0. The van der Waals surface area contributed by atoms with Gasteiger partial charge in [-0.1, -0.05) is 30.3 Å². The molecule has 0 aromatic heterocycles. The van der Waals surface area contributed by atoms with Gasteiger partial charge in [-0.25, -0.2) is 0 Å². The molecule has 1 amide bonds. The van der Waals surface area contributed by atoms with Crippen LogP contribution in [0, 0.1) is 0 Å². The maximum absolute atomic E-state index is 11.4. The molecule has 4 heteroatoms. The Morgan fingerprint density at radius 2 is 1.88 bits per heavy atom. The van der Waals surface area contributed by atoms with Gasteiger partial charge >= 0.3 is 5.97 Å². The summed E-state index contributed by atoms with van der Waals surface area (Å²) in [6.45, 7) is 1.87. The third-order valence-corrected chi connectivity index (χ3v) is 2.24. The van der Waals surface area contributed by atoms with Gasteiger partial charge in [-0.2, -0.15) is 0 Å². The highest BCUT2D eigenvalue weighted by atomic mass is 16.4. The van der Waals surface area contributed by atoms with Gasteiger partial charge in [0.15, 0.2) is 0 Å². The summed E-state index contributed by atoms with van der Waals surface area (Å²) in [5.41, 5.74) is 1.01. The van der Waals surface area contributed by atoms with Gasteiger partial charge in [-0.15, -0.1) is 0 Å². The smallest absolute Gasteiger partial charge is 0.303 e. The Hall–Kier alpha value is -1.84. The standard InChI is InChI=1S/C12H15NO3/c1-9(10-5-3-2-4-6-10)13-11(14)7-8-12(15)16/h2-6,9H,7-8H2,1H3,(H,13,14)(H,15,16). The normalized spacial score (nSPS) is 11.8. The van der Waals surface area contributed by atoms with Gasteiger partial charge in [0.1, 0.15) is 0 Å². The molecule has 4 nitrogen and oxygen atoms in total. The lowest BCUT2D eigenvalue weighted by Gasteiger charge is -2.13. The fourth-order valence-electron chi connectivity index (χ4n) is 1.36. The molecule has 1 rings (SSSR count). The van der Waals surface area contributed by atoms with E-state index < -0.39 is 5.97 Å². The molecule has 0 fully saturated rings. The summed E-state index contributed by atoms with van der Waals surface area (Å²) in [6, 6.07) is 9.44. The summed E-state index contributed by atoms with van der Waals surface area (Å²) in [4.78, 5) is 21.6. The van der Waals surface area contributed by atoms with Crippen molar-refractivity contribution >= 4 is 11.9 Å². The van der Waals surface area contributed by atoms with Gasteiger partial charge in [0, 0.05) is 6.42 Å². The van der Waals surface area contributed by atoms with Crippen LogP contribution >= 0.6 is 0 Å². The van der Waals surface area contributed by atoms with Crippen LogP contribution in [-0.2, 0) is 9.59 Å². The highest BCUT2D eigenvalue weighted by Gasteiger charge is 2.10. The monoisotopic (exact) mass is 221 g/mol. The fraction of sp³-hybridized carbons (Fsp3) is 0.333. The van der Waals surface area contributed by atoms with Crippen molar-refractivity contribution in [3.05, 3.63) is 35.9 Å². The summed E-state index contributed by atoms with van der Waals surface area (Å²) in [5, 5.41) is 11.2. The van der Waals surface area contributed by atoms with Gasteiger partial charge in [0.05, 0.1) is 12.5 Å². The lowest BCUT2D eigenvalue weighted by atomic mass is 10.1. The number of hydrogen-bond donors (Lipinski definition) is 2. The summed E-state index contributed by atoms with van der Waals surface area (Å²) in [5.74, 6) is -1.19. The predicted octanol–water partition coefficient (Wildman–Crippen LogP) is 1.73. The topological polar surface area (TPSA) is 66.4 Å². The van der Waals surface area contributed by atoms with Gasteiger partial charge < -0.3 is 10.4 Å². The quantitative estimate of drug-likeness (QED) is 0.795. The summed E-state index contributed by atoms with van der Waals surface area (Å²) in [6.07, 6.45) is -0.111. The minimum atomic E-state index is -0.956. The number of carboxylic acid groups (broad SMARTS) is 1. The number of benzene rings is 1. The first-order valence-electron chi connectivity index (χ1n) is 5.15. The second-order valence-electron chi connectivity index (χ2n) is 3.59. The van der Waals surface area contributed by atoms with Crippen molar-refractivity contribution in [2.75, 3.05) is 0 Å². The first kappa shape index (κ1) is 12.2. The van der Waals surface area contributed by atoms with E-state index in [4.69, 9.17) is 5.11 Å². The molecule has 1 atom stereocenters. The van der Waals surface area contributed by atoms with E-state index in [0.29, 0.717) is 0 Å². The Balaban J connectivity index is 2.43. The zero-order chi connectivity index (χ0) is 12.0. The second-order valence-corrected chi connectivity index (χ2v) is 3.59. The van der Waals surface area contributed by atoms with Crippen LogP contribution in [-0.4, -0.2) is 17.0 Å². The minimum Gasteiger partial charge on any atom is -0.481 e. The molecule has 0 spiro atoms. The highest BCUT2D eigenvalue weighted by Crippen LogP contribution is 2.11. The molecule has 0 aliphatic rings. The Morgan fingerprint density at radius 3 is 2.44 bits per heavy atom. The summed E-state index contributed by atoms with van der Waals surface area (Å²) >= 11 is 0. The summed E-state index contributed by atoms with van der Waals surface area (Å²) in [7, 11) is 0. The van der Waals surface area contributed by atoms with Crippen molar-refractivity contribution in [3.8, 4) is 0 Å². The predicted molar refractivity (Wildman–Crippen MR) is 59.9 cm³/mol. The maximum atomic E-state index is 11.4.